The number of rotatable bonds is 8. The van der Waals surface area contributed by atoms with Crippen molar-refractivity contribution in [3.63, 3.8) is 0 Å². The number of hydrogen-bond acceptors (Lipinski definition) is 2. The van der Waals surface area contributed by atoms with Gasteiger partial charge in [0, 0.05) is 0 Å². The fourth-order valence-electron chi connectivity index (χ4n) is 6.28. The molecule has 0 aromatic heterocycles. The van der Waals surface area contributed by atoms with Gasteiger partial charge in [-0.15, -0.1) is 0 Å². The van der Waals surface area contributed by atoms with E-state index in [4.69, 9.17) is 4.74 Å². The van der Waals surface area contributed by atoms with E-state index in [9.17, 15) is 22.7 Å². The first kappa shape index (κ1) is 27.0. The number of aliphatic hydroxyl groups is 1. The van der Waals surface area contributed by atoms with E-state index in [0.717, 1.165) is 57.8 Å². The molecule has 198 valence electrons. The average Bonchev–Trinajstić information content (AvgIpc) is 2.88. The first-order valence-corrected chi connectivity index (χ1v) is 13.6. The molecule has 36 heavy (non-hydrogen) atoms. The SMILES string of the molecule is CCOc1ccc(C2CCC(CCc3ccc(C4CCC(C(C)O)CC4)c(F)c3F)CC2)c(F)c1F. The zero-order chi connectivity index (χ0) is 25.8. The van der Waals surface area contributed by atoms with Gasteiger partial charge in [-0.25, -0.2) is 13.2 Å². The molecule has 0 aliphatic heterocycles. The van der Waals surface area contributed by atoms with Crippen LogP contribution >= 0.6 is 0 Å². The Hall–Kier alpha value is -2.08. The summed E-state index contributed by atoms with van der Waals surface area (Å²) in [5.74, 6) is -2.68. The molecule has 2 aromatic carbocycles. The van der Waals surface area contributed by atoms with Crippen molar-refractivity contribution in [3.05, 3.63) is 64.2 Å². The smallest absolute Gasteiger partial charge is 0.200 e. The summed E-state index contributed by atoms with van der Waals surface area (Å²) in [6.07, 6.45) is 7.29. The quantitative estimate of drug-likeness (QED) is 0.366. The summed E-state index contributed by atoms with van der Waals surface area (Å²) in [6, 6.07) is 6.62. The number of aliphatic hydroxyl groups excluding tert-OH is 1. The van der Waals surface area contributed by atoms with Crippen LogP contribution in [-0.2, 0) is 6.42 Å². The van der Waals surface area contributed by atoms with E-state index in [-0.39, 0.29) is 36.2 Å². The highest BCUT2D eigenvalue weighted by Crippen LogP contribution is 2.41. The standard InChI is InChI=1S/C30H38F4O2/c1-3-36-26-17-16-25(29(33)30(26)34)21-7-4-19(5-8-21)6-9-23-14-15-24(28(32)27(23)31)22-12-10-20(11-13-22)18(2)35/h14-22,35H,3-13H2,1-2H3. The van der Waals surface area contributed by atoms with E-state index in [1.165, 1.54) is 6.07 Å². The minimum Gasteiger partial charge on any atom is -0.491 e. The van der Waals surface area contributed by atoms with E-state index in [1.54, 1.807) is 32.0 Å². The minimum atomic E-state index is -0.923. The van der Waals surface area contributed by atoms with Crippen molar-refractivity contribution in [2.75, 3.05) is 6.61 Å². The monoisotopic (exact) mass is 506 g/mol. The molecule has 0 saturated heterocycles. The van der Waals surface area contributed by atoms with Crippen LogP contribution < -0.4 is 4.74 Å². The lowest BCUT2D eigenvalue weighted by Crippen LogP contribution is -2.23. The Kier molecular flexibility index (Phi) is 8.97. The molecule has 1 atom stereocenters. The highest BCUT2D eigenvalue weighted by molar-refractivity contribution is 5.33. The third kappa shape index (κ3) is 5.90. The molecular weight excluding hydrogens is 468 g/mol. The molecule has 2 saturated carbocycles. The lowest BCUT2D eigenvalue weighted by atomic mass is 9.76. The van der Waals surface area contributed by atoms with Crippen LogP contribution in [0.5, 0.6) is 5.75 Å². The summed E-state index contributed by atoms with van der Waals surface area (Å²) in [4.78, 5) is 0. The Bertz CT molecular complexity index is 1020. The van der Waals surface area contributed by atoms with Crippen molar-refractivity contribution in [1.29, 1.82) is 0 Å². The summed E-state index contributed by atoms with van der Waals surface area (Å²) < 4.78 is 63.9. The van der Waals surface area contributed by atoms with Gasteiger partial charge in [-0.2, -0.15) is 4.39 Å². The summed E-state index contributed by atoms with van der Waals surface area (Å²) in [5.41, 5.74) is 1.28. The van der Waals surface area contributed by atoms with Crippen molar-refractivity contribution in [2.24, 2.45) is 11.8 Å². The highest BCUT2D eigenvalue weighted by Gasteiger charge is 2.29. The summed E-state index contributed by atoms with van der Waals surface area (Å²) in [5, 5.41) is 9.79. The molecule has 6 heteroatoms. The van der Waals surface area contributed by atoms with Crippen molar-refractivity contribution in [2.45, 2.75) is 96.0 Å². The fourth-order valence-corrected chi connectivity index (χ4v) is 6.28. The predicted molar refractivity (Wildman–Crippen MR) is 133 cm³/mol. The third-order valence-electron chi connectivity index (χ3n) is 8.57. The fraction of sp³-hybridized carbons (Fsp3) is 0.600. The van der Waals surface area contributed by atoms with E-state index < -0.39 is 23.3 Å². The molecule has 0 amide bonds. The third-order valence-corrected chi connectivity index (χ3v) is 8.57. The summed E-state index contributed by atoms with van der Waals surface area (Å²) in [7, 11) is 0. The zero-order valence-electron chi connectivity index (χ0n) is 21.3. The number of aryl methyl sites for hydroxylation is 1. The maximum absolute atomic E-state index is 15.0. The molecule has 0 spiro atoms. The van der Waals surface area contributed by atoms with Gasteiger partial charge in [-0.05, 0) is 124 Å². The molecule has 0 heterocycles. The summed E-state index contributed by atoms with van der Waals surface area (Å²) >= 11 is 0. The molecule has 0 bridgehead atoms. The Balaban J connectivity index is 1.31. The second kappa shape index (κ2) is 12.0. The van der Waals surface area contributed by atoms with Crippen LogP contribution in [0.25, 0.3) is 0 Å². The average molecular weight is 507 g/mol. The Morgan fingerprint density at radius 2 is 1.33 bits per heavy atom. The van der Waals surface area contributed by atoms with Crippen LogP contribution in [0.3, 0.4) is 0 Å². The molecule has 4 rings (SSSR count). The molecule has 1 unspecified atom stereocenters. The van der Waals surface area contributed by atoms with Gasteiger partial charge < -0.3 is 9.84 Å². The Labute approximate surface area is 212 Å². The lowest BCUT2D eigenvalue weighted by Gasteiger charge is -2.31. The Morgan fingerprint density at radius 3 is 1.92 bits per heavy atom. The van der Waals surface area contributed by atoms with Gasteiger partial charge in [-0.3, -0.25) is 0 Å². The molecular formula is C30H38F4O2. The highest BCUT2D eigenvalue weighted by atomic mass is 19.2. The predicted octanol–water partition coefficient (Wildman–Crippen LogP) is 8.20. The van der Waals surface area contributed by atoms with Gasteiger partial charge in [0.05, 0.1) is 12.7 Å². The van der Waals surface area contributed by atoms with Gasteiger partial charge in [0.15, 0.2) is 23.2 Å². The second-order valence-electron chi connectivity index (χ2n) is 10.8. The van der Waals surface area contributed by atoms with Crippen LogP contribution in [-0.4, -0.2) is 17.8 Å². The number of hydrogen-bond donors (Lipinski definition) is 1. The van der Waals surface area contributed by atoms with E-state index >= 15 is 0 Å². The van der Waals surface area contributed by atoms with Gasteiger partial charge >= 0.3 is 0 Å². The topological polar surface area (TPSA) is 29.5 Å². The molecule has 2 nitrogen and oxygen atoms in total. The first-order chi connectivity index (χ1) is 17.3. The molecule has 2 aromatic rings. The molecule has 0 radical (unpaired) electrons. The summed E-state index contributed by atoms with van der Waals surface area (Å²) in [6.45, 7) is 3.80. The largest absolute Gasteiger partial charge is 0.491 e. The Morgan fingerprint density at radius 1 is 0.778 bits per heavy atom. The lowest BCUT2D eigenvalue weighted by molar-refractivity contribution is 0.0963. The van der Waals surface area contributed by atoms with E-state index in [1.807, 2.05) is 0 Å². The minimum absolute atomic E-state index is 0.00617. The maximum Gasteiger partial charge on any atom is 0.200 e. The van der Waals surface area contributed by atoms with Gasteiger partial charge in [0.25, 0.3) is 0 Å². The molecule has 2 aliphatic carbocycles. The second-order valence-corrected chi connectivity index (χ2v) is 10.8. The number of halogens is 4. The van der Waals surface area contributed by atoms with Crippen molar-refractivity contribution >= 4 is 0 Å². The van der Waals surface area contributed by atoms with Crippen LogP contribution in [0.2, 0.25) is 0 Å². The van der Waals surface area contributed by atoms with Crippen LogP contribution in [0.1, 0.15) is 100 Å². The van der Waals surface area contributed by atoms with Gasteiger partial charge in [-0.1, -0.05) is 18.2 Å². The van der Waals surface area contributed by atoms with Crippen molar-refractivity contribution < 1.29 is 27.4 Å². The normalized spacial score (nSPS) is 25.5. The van der Waals surface area contributed by atoms with Gasteiger partial charge in [0.1, 0.15) is 0 Å². The number of benzene rings is 2. The maximum atomic E-state index is 15.0. The van der Waals surface area contributed by atoms with Crippen LogP contribution in [0.15, 0.2) is 24.3 Å². The van der Waals surface area contributed by atoms with Crippen LogP contribution in [0, 0.1) is 35.1 Å². The van der Waals surface area contributed by atoms with Crippen molar-refractivity contribution in [3.8, 4) is 5.75 Å². The number of ether oxygens (including phenoxy) is 1. The zero-order valence-corrected chi connectivity index (χ0v) is 21.3. The van der Waals surface area contributed by atoms with E-state index in [2.05, 4.69) is 0 Å². The molecule has 2 aliphatic rings. The van der Waals surface area contributed by atoms with Crippen molar-refractivity contribution in [1.82, 2.24) is 0 Å². The first-order valence-electron chi connectivity index (χ1n) is 13.6. The van der Waals surface area contributed by atoms with E-state index in [0.29, 0.717) is 29.0 Å². The van der Waals surface area contributed by atoms with Gasteiger partial charge in [0.2, 0.25) is 5.82 Å². The van der Waals surface area contributed by atoms with Crippen LogP contribution in [0.4, 0.5) is 17.6 Å². The molecule has 2 fully saturated rings. The molecule has 1 N–H and O–H groups in total.